The van der Waals surface area contributed by atoms with Crippen molar-refractivity contribution in [1.29, 1.82) is 0 Å². The Balaban J connectivity index is 1.74. The molecule has 3 aromatic carbocycles. The average molecular weight is 411 g/mol. The van der Waals surface area contributed by atoms with Crippen LogP contribution in [-0.4, -0.2) is 12.9 Å². The minimum atomic E-state index is -0.498. The monoisotopic (exact) mass is 410 g/mol. The lowest BCUT2D eigenvalue weighted by molar-refractivity contribution is 0.104. The molecule has 0 unspecified atom stereocenters. The Bertz CT molecular complexity index is 1040. The summed E-state index contributed by atoms with van der Waals surface area (Å²) in [4.78, 5) is 12.3. The van der Waals surface area contributed by atoms with Crippen LogP contribution in [0.5, 0.6) is 11.5 Å². The highest BCUT2D eigenvalue weighted by Gasteiger charge is 2.07. The van der Waals surface area contributed by atoms with Gasteiger partial charge in [0.05, 0.1) is 12.1 Å². The van der Waals surface area contributed by atoms with Crippen LogP contribution in [0.1, 0.15) is 27.0 Å². The van der Waals surface area contributed by atoms with Crippen LogP contribution in [0, 0.1) is 12.7 Å². The van der Waals surface area contributed by atoms with Crippen LogP contribution in [0.15, 0.2) is 66.7 Å². The lowest BCUT2D eigenvalue weighted by Gasteiger charge is -2.11. The van der Waals surface area contributed by atoms with Crippen molar-refractivity contribution in [2.75, 3.05) is 7.11 Å². The Hall–Kier alpha value is -3.11. The molecule has 0 bridgehead atoms. The summed E-state index contributed by atoms with van der Waals surface area (Å²) in [5.74, 6) is 0.538. The van der Waals surface area contributed by atoms with Crippen molar-refractivity contribution in [2.45, 2.75) is 13.5 Å². The van der Waals surface area contributed by atoms with Gasteiger partial charge < -0.3 is 9.47 Å². The molecule has 0 heterocycles. The van der Waals surface area contributed by atoms with E-state index in [1.165, 1.54) is 24.3 Å². The summed E-state index contributed by atoms with van der Waals surface area (Å²) in [6.07, 6.45) is 3.29. The molecular weight excluding hydrogens is 391 g/mol. The average Bonchev–Trinajstić information content (AvgIpc) is 2.73. The molecule has 0 spiro atoms. The summed E-state index contributed by atoms with van der Waals surface area (Å²) in [6, 6.07) is 17.2. The highest BCUT2D eigenvalue weighted by atomic mass is 35.5. The van der Waals surface area contributed by atoms with Crippen molar-refractivity contribution in [2.24, 2.45) is 0 Å². The van der Waals surface area contributed by atoms with E-state index in [2.05, 4.69) is 0 Å². The van der Waals surface area contributed by atoms with Gasteiger partial charge in [-0.25, -0.2) is 4.39 Å². The number of halogens is 2. The number of hydrogen-bond donors (Lipinski definition) is 0. The number of ketones is 1. The van der Waals surface area contributed by atoms with E-state index in [0.717, 1.165) is 16.7 Å². The first-order chi connectivity index (χ1) is 14.0. The molecule has 29 heavy (non-hydrogen) atoms. The molecular formula is C24H20ClFO3. The van der Waals surface area contributed by atoms with Crippen LogP contribution in [-0.2, 0) is 6.61 Å². The summed E-state index contributed by atoms with van der Waals surface area (Å²) >= 11 is 5.79. The van der Waals surface area contributed by atoms with E-state index >= 15 is 0 Å². The number of ether oxygens (including phenoxy) is 2. The normalized spacial score (nSPS) is 10.9. The van der Waals surface area contributed by atoms with Gasteiger partial charge in [0, 0.05) is 17.2 Å². The molecule has 0 N–H and O–H groups in total. The predicted molar refractivity (Wildman–Crippen MR) is 113 cm³/mol. The number of aryl methyl sites for hydroxylation is 1. The van der Waals surface area contributed by atoms with Crippen molar-refractivity contribution in [3.05, 3.63) is 99.8 Å². The largest absolute Gasteiger partial charge is 0.496 e. The number of hydrogen-bond acceptors (Lipinski definition) is 3. The molecule has 0 aromatic heterocycles. The van der Waals surface area contributed by atoms with Gasteiger partial charge in [0.25, 0.3) is 0 Å². The minimum Gasteiger partial charge on any atom is -0.496 e. The first kappa shape index (κ1) is 20.6. The Kier molecular flexibility index (Phi) is 6.68. The molecule has 5 heteroatoms. The van der Waals surface area contributed by atoms with Crippen LogP contribution in [0.4, 0.5) is 4.39 Å². The van der Waals surface area contributed by atoms with Gasteiger partial charge in [-0.2, -0.15) is 0 Å². The van der Waals surface area contributed by atoms with Crippen LogP contribution in [0.3, 0.4) is 0 Å². The van der Waals surface area contributed by atoms with E-state index in [0.29, 0.717) is 17.1 Å². The number of carbonyl (C=O) groups excluding carboxylic acids is 1. The van der Waals surface area contributed by atoms with Crippen molar-refractivity contribution < 1.29 is 18.7 Å². The van der Waals surface area contributed by atoms with Crippen molar-refractivity contribution in [3.63, 3.8) is 0 Å². The molecule has 0 atom stereocenters. The zero-order chi connectivity index (χ0) is 20.8. The van der Waals surface area contributed by atoms with E-state index in [9.17, 15) is 9.18 Å². The molecule has 0 aliphatic carbocycles. The number of carbonyl (C=O) groups is 1. The van der Waals surface area contributed by atoms with Gasteiger partial charge in [-0.3, -0.25) is 4.79 Å². The van der Waals surface area contributed by atoms with Gasteiger partial charge in [0.1, 0.15) is 23.9 Å². The molecule has 3 nitrogen and oxygen atoms in total. The third-order valence-electron chi connectivity index (χ3n) is 4.35. The smallest absolute Gasteiger partial charge is 0.185 e. The van der Waals surface area contributed by atoms with E-state index < -0.39 is 5.82 Å². The summed E-state index contributed by atoms with van der Waals surface area (Å²) in [5, 5.41) is 0.000710. The predicted octanol–water partition coefficient (Wildman–Crippen LogP) is 6.27. The van der Waals surface area contributed by atoms with Gasteiger partial charge in [-0.15, -0.1) is 0 Å². The van der Waals surface area contributed by atoms with E-state index in [4.69, 9.17) is 21.1 Å². The Labute approximate surface area is 174 Å². The van der Waals surface area contributed by atoms with Gasteiger partial charge in [0.15, 0.2) is 5.78 Å². The maximum absolute atomic E-state index is 13.3. The summed E-state index contributed by atoms with van der Waals surface area (Å²) in [6.45, 7) is 2.18. The molecule has 0 fully saturated rings. The van der Waals surface area contributed by atoms with Crippen LogP contribution in [0.2, 0.25) is 5.02 Å². The first-order valence-corrected chi connectivity index (χ1v) is 9.38. The molecule has 3 aromatic rings. The van der Waals surface area contributed by atoms with Gasteiger partial charge in [-0.05, 0) is 42.8 Å². The topological polar surface area (TPSA) is 35.5 Å². The molecule has 0 saturated heterocycles. The number of benzene rings is 3. The standard InChI is InChI=1S/C24H20ClFO3/c1-16-3-7-18(8-4-16)23(27)11-5-17-6-12-24(28-2)19(13-17)15-29-20-9-10-22(26)21(25)14-20/h3-14H,15H2,1-2H3/b11-5+. The SMILES string of the molecule is COc1ccc(/C=C/C(=O)c2ccc(C)cc2)cc1COc1ccc(F)c(Cl)c1. The Morgan fingerprint density at radius 2 is 1.83 bits per heavy atom. The Morgan fingerprint density at radius 3 is 2.52 bits per heavy atom. The highest BCUT2D eigenvalue weighted by molar-refractivity contribution is 6.30. The highest BCUT2D eigenvalue weighted by Crippen LogP contribution is 2.25. The van der Waals surface area contributed by atoms with Gasteiger partial charge in [0.2, 0.25) is 0 Å². The van der Waals surface area contributed by atoms with Crippen LogP contribution in [0.25, 0.3) is 6.08 Å². The maximum atomic E-state index is 13.3. The molecule has 0 amide bonds. The zero-order valence-electron chi connectivity index (χ0n) is 16.1. The van der Waals surface area contributed by atoms with Crippen molar-refractivity contribution in [3.8, 4) is 11.5 Å². The fourth-order valence-electron chi connectivity index (χ4n) is 2.73. The fraction of sp³-hybridized carbons (Fsp3) is 0.125. The minimum absolute atomic E-state index is 0.000710. The van der Waals surface area contributed by atoms with E-state index in [1.807, 2.05) is 49.4 Å². The summed E-state index contributed by atoms with van der Waals surface area (Å²) in [7, 11) is 1.57. The summed E-state index contributed by atoms with van der Waals surface area (Å²) in [5.41, 5.74) is 3.37. The Morgan fingerprint density at radius 1 is 1.07 bits per heavy atom. The second kappa shape index (κ2) is 9.39. The summed E-state index contributed by atoms with van der Waals surface area (Å²) < 4.78 is 24.4. The second-order valence-corrected chi connectivity index (χ2v) is 6.91. The zero-order valence-corrected chi connectivity index (χ0v) is 16.9. The van der Waals surface area contributed by atoms with Crippen LogP contribution < -0.4 is 9.47 Å². The second-order valence-electron chi connectivity index (χ2n) is 6.50. The van der Waals surface area contributed by atoms with Crippen molar-refractivity contribution in [1.82, 2.24) is 0 Å². The number of allylic oxidation sites excluding steroid dienone is 1. The molecule has 0 aliphatic heterocycles. The van der Waals surface area contributed by atoms with Gasteiger partial charge >= 0.3 is 0 Å². The lowest BCUT2D eigenvalue weighted by Crippen LogP contribution is -2.00. The van der Waals surface area contributed by atoms with Crippen molar-refractivity contribution >= 4 is 23.5 Å². The molecule has 0 radical (unpaired) electrons. The fourth-order valence-corrected chi connectivity index (χ4v) is 2.90. The molecule has 0 saturated carbocycles. The number of methoxy groups -OCH3 is 1. The van der Waals surface area contributed by atoms with Gasteiger partial charge in [-0.1, -0.05) is 53.6 Å². The third-order valence-corrected chi connectivity index (χ3v) is 4.64. The molecule has 148 valence electrons. The maximum Gasteiger partial charge on any atom is 0.185 e. The van der Waals surface area contributed by atoms with Crippen LogP contribution >= 0.6 is 11.6 Å². The first-order valence-electron chi connectivity index (χ1n) is 9.00. The third kappa shape index (κ3) is 5.46. The molecule has 0 aliphatic rings. The van der Waals surface area contributed by atoms with E-state index in [1.54, 1.807) is 13.2 Å². The lowest BCUT2D eigenvalue weighted by atomic mass is 10.1. The number of rotatable bonds is 7. The molecule has 3 rings (SSSR count). The quantitative estimate of drug-likeness (QED) is 0.340. The van der Waals surface area contributed by atoms with E-state index in [-0.39, 0.29) is 17.4 Å².